The molecule has 7 nitrogen and oxygen atoms in total. The number of benzene rings is 3. The first-order valence-corrected chi connectivity index (χ1v) is 9.86. The molecule has 0 fully saturated rings. The van der Waals surface area contributed by atoms with E-state index in [1.54, 1.807) is 0 Å². The van der Waals surface area contributed by atoms with Gasteiger partial charge in [0.1, 0.15) is 5.75 Å². The minimum absolute atomic E-state index is 0.0276. The Bertz CT molecular complexity index is 1040. The molecule has 8 heteroatoms. The number of ether oxygens (including phenoxy) is 1. The molecule has 0 saturated carbocycles. The smallest absolute Gasteiger partial charge is 0.414 e. The molecule has 0 saturated heterocycles. The molecule has 0 aliphatic heterocycles. The van der Waals surface area contributed by atoms with Crippen molar-refractivity contribution in [3.05, 3.63) is 82.8 Å². The van der Waals surface area contributed by atoms with Gasteiger partial charge in [0.05, 0.1) is 0 Å². The summed E-state index contributed by atoms with van der Waals surface area (Å²) in [5.74, 6) is -3.16. The number of nitrogens with one attached hydrogen (secondary N) is 1. The number of hydrogen-bond acceptors (Lipinski definition) is 4. The zero-order valence-corrected chi connectivity index (χ0v) is 18.1. The van der Waals surface area contributed by atoms with Gasteiger partial charge in [-0.05, 0) is 53.9 Å². The number of carboxylic acids is 2. The molecule has 3 rings (SSSR count). The molecular weight excluding hydrogens is 466 g/mol. The number of hydrogen-bond donors (Lipinski definition) is 3. The van der Waals surface area contributed by atoms with E-state index in [9.17, 15) is 4.79 Å². The van der Waals surface area contributed by atoms with E-state index in [0.29, 0.717) is 5.75 Å². The predicted molar refractivity (Wildman–Crippen MR) is 120 cm³/mol. The summed E-state index contributed by atoms with van der Waals surface area (Å²) < 4.78 is 6.56. The quantitative estimate of drug-likeness (QED) is 0.455. The van der Waals surface area contributed by atoms with Gasteiger partial charge in [-0.2, -0.15) is 0 Å². The molecule has 0 aliphatic carbocycles. The topological polar surface area (TPSA) is 113 Å². The van der Waals surface area contributed by atoms with Crippen LogP contribution in [0.15, 0.2) is 77.3 Å². The first-order chi connectivity index (χ1) is 14.8. The van der Waals surface area contributed by atoms with Crippen LogP contribution in [0.2, 0.25) is 0 Å². The zero-order valence-electron chi connectivity index (χ0n) is 16.5. The van der Waals surface area contributed by atoms with E-state index < -0.39 is 11.9 Å². The van der Waals surface area contributed by atoms with Crippen molar-refractivity contribution in [2.75, 3.05) is 11.9 Å². The van der Waals surface area contributed by atoms with Crippen LogP contribution in [0.3, 0.4) is 0 Å². The maximum Gasteiger partial charge on any atom is 0.414 e. The summed E-state index contributed by atoms with van der Waals surface area (Å²) in [4.78, 5) is 30.3. The van der Waals surface area contributed by atoms with Crippen molar-refractivity contribution >= 4 is 39.5 Å². The molecule has 3 aromatic rings. The lowest BCUT2D eigenvalue weighted by molar-refractivity contribution is -0.159. The number of rotatable bonds is 5. The Morgan fingerprint density at radius 2 is 1.45 bits per heavy atom. The van der Waals surface area contributed by atoms with Crippen LogP contribution in [0.25, 0.3) is 11.1 Å². The number of carbonyl (C=O) groups is 3. The van der Waals surface area contributed by atoms with Crippen LogP contribution >= 0.6 is 15.9 Å². The van der Waals surface area contributed by atoms with Crippen LogP contribution in [0.5, 0.6) is 5.75 Å². The van der Waals surface area contributed by atoms with Crippen LogP contribution in [-0.2, 0) is 14.4 Å². The van der Waals surface area contributed by atoms with Crippen LogP contribution in [0, 0.1) is 6.92 Å². The molecule has 3 N–H and O–H groups in total. The van der Waals surface area contributed by atoms with E-state index in [1.807, 2.05) is 67.6 Å². The second-order valence-corrected chi connectivity index (χ2v) is 7.21. The number of halogens is 1. The summed E-state index contributed by atoms with van der Waals surface area (Å²) in [6, 6.07) is 23.6. The minimum atomic E-state index is -1.82. The summed E-state index contributed by atoms with van der Waals surface area (Å²) >= 11 is 3.41. The molecule has 0 heterocycles. The first kappa shape index (κ1) is 23.6. The number of carboxylic acid groups (broad SMARTS) is 2. The summed E-state index contributed by atoms with van der Waals surface area (Å²) in [5.41, 5.74) is 4.05. The third-order valence-corrected chi connectivity index (χ3v) is 4.47. The SMILES string of the molecule is Cc1cc(Br)ccc1NC(=O)COc1ccc(-c2ccccc2)cc1.O=C(O)C(=O)O. The van der Waals surface area contributed by atoms with Gasteiger partial charge in [-0.15, -0.1) is 0 Å². The van der Waals surface area contributed by atoms with Gasteiger partial charge in [0.15, 0.2) is 6.61 Å². The van der Waals surface area contributed by atoms with Crippen LogP contribution in [-0.4, -0.2) is 34.7 Å². The fraction of sp³-hybridized carbons (Fsp3) is 0.0870. The second-order valence-electron chi connectivity index (χ2n) is 6.30. The van der Waals surface area contributed by atoms with Gasteiger partial charge in [0.2, 0.25) is 0 Å². The van der Waals surface area contributed by atoms with Gasteiger partial charge < -0.3 is 20.3 Å². The molecule has 3 aromatic carbocycles. The lowest BCUT2D eigenvalue weighted by atomic mass is 10.1. The van der Waals surface area contributed by atoms with Gasteiger partial charge in [0.25, 0.3) is 5.91 Å². The van der Waals surface area contributed by atoms with Gasteiger partial charge in [-0.1, -0.05) is 58.4 Å². The Morgan fingerprint density at radius 3 is 2.00 bits per heavy atom. The lowest BCUT2D eigenvalue weighted by Gasteiger charge is -2.10. The van der Waals surface area contributed by atoms with Gasteiger partial charge in [0, 0.05) is 10.2 Å². The summed E-state index contributed by atoms with van der Waals surface area (Å²) in [5, 5.41) is 17.6. The highest BCUT2D eigenvalue weighted by molar-refractivity contribution is 9.10. The van der Waals surface area contributed by atoms with Crippen molar-refractivity contribution < 1.29 is 29.3 Å². The molecule has 0 radical (unpaired) electrons. The van der Waals surface area contributed by atoms with Crippen molar-refractivity contribution in [2.45, 2.75) is 6.92 Å². The van der Waals surface area contributed by atoms with Gasteiger partial charge in [-0.3, -0.25) is 4.79 Å². The maximum absolute atomic E-state index is 12.1. The fourth-order valence-electron chi connectivity index (χ4n) is 2.48. The van der Waals surface area contributed by atoms with Gasteiger partial charge >= 0.3 is 11.9 Å². The van der Waals surface area contributed by atoms with Crippen molar-refractivity contribution in [1.82, 2.24) is 0 Å². The van der Waals surface area contributed by atoms with E-state index in [4.69, 9.17) is 24.5 Å². The normalized spacial score (nSPS) is 9.74. The number of amides is 1. The number of anilines is 1. The highest BCUT2D eigenvalue weighted by atomic mass is 79.9. The number of aliphatic carboxylic acids is 2. The zero-order chi connectivity index (χ0) is 22.8. The molecule has 0 unspecified atom stereocenters. The van der Waals surface area contributed by atoms with Crippen LogP contribution < -0.4 is 10.1 Å². The lowest BCUT2D eigenvalue weighted by Crippen LogP contribution is -2.20. The third-order valence-electron chi connectivity index (χ3n) is 3.98. The molecule has 0 bridgehead atoms. The summed E-state index contributed by atoms with van der Waals surface area (Å²) in [7, 11) is 0. The van der Waals surface area contributed by atoms with E-state index >= 15 is 0 Å². The fourth-order valence-corrected chi connectivity index (χ4v) is 2.95. The van der Waals surface area contributed by atoms with E-state index in [0.717, 1.165) is 26.9 Å². The van der Waals surface area contributed by atoms with E-state index in [1.165, 1.54) is 0 Å². The summed E-state index contributed by atoms with van der Waals surface area (Å²) in [6.45, 7) is 1.92. The van der Waals surface area contributed by atoms with Crippen LogP contribution in [0.4, 0.5) is 5.69 Å². The Kier molecular flexibility index (Phi) is 8.78. The molecule has 0 aliphatic rings. The Balaban J connectivity index is 0.000000501. The standard InChI is InChI=1S/C21H18BrNO2.C2H2O4/c1-15-13-18(22)9-12-20(15)23-21(24)14-25-19-10-7-17(8-11-19)16-5-3-2-4-6-16;3-1(4)2(5)6/h2-13H,14H2,1H3,(H,23,24);(H,3,4)(H,5,6). The Morgan fingerprint density at radius 1 is 0.871 bits per heavy atom. The highest BCUT2D eigenvalue weighted by Crippen LogP contribution is 2.22. The molecule has 160 valence electrons. The van der Waals surface area contributed by atoms with Gasteiger partial charge in [-0.25, -0.2) is 9.59 Å². The first-order valence-electron chi connectivity index (χ1n) is 9.07. The third kappa shape index (κ3) is 7.94. The summed E-state index contributed by atoms with van der Waals surface area (Å²) in [6.07, 6.45) is 0. The minimum Gasteiger partial charge on any atom is -0.484 e. The maximum atomic E-state index is 12.1. The molecule has 0 aromatic heterocycles. The average Bonchev–Trinajstić information content (AvgIpc) is 2.75. The van der Waals surface area contributed by atoms with Crippen molar-refractivity contribution in [3.8, 4) is 16.9 Å². The Labute approximate surface area is 187 Å². The van der Waals surface area contributed by atoms with Crippen molar-refractivity contribution in [1.29, 1.82) is 0 Å². The van der Waals surface area contributed by atoms with E-state index in [-0.39, 0.29) is 12.5 Å². The molecule has 31 heavy (non-hydrogen) atoms. The predicted octanol–water partition coefficient (Wildman–Crippen LogP) is 4.60. The van der Waals surface area contributed by atoms with E-state index in [2.05, 4.69) is 33.4 Å². The largest absolute Gasteiger partial charge is 0.484 e. The van der Waals surface area contributed by atoms with Crippen LogP contribution in [0.1, 0.15) is 5.56 Å². The highest BCUT2D eigenvalue weighted by Gasteiger charge is 2.07. The number of aryl methyl sites for hydroxylation is 1. The molecule has 0 spiro atoms. The Hall–Kier alpha value is -3.65. The molecular formula is C23H20BrNO6. The molecule has 1 amide bonds. The molecule has 0 atom stereocenters. The van der Waals surface area contributed by atoms with Crippen molar-refractivity contribution in [3.63, 3.8) is 0 Å². The average molecular weight is 486 g/mol. The van der Waals surface area contributed by atoms with Crippen molar-refractivity contribution in [2.24, 2.45) is 0 Å². The second kappa shape index (κ2) is 11.5. The number of carbonyl (C=O) groups excluding carboxylic acids is 1. The monoisotopic (exact) mass is 485 g/mol.